The summed E-state index contributed by atoms with van der Waals surface area (Å²) in [4.78, 5) is 26.4. The highest BCUT2D eigenvalue weighted by atomic mass is 16.6. The standard InChI is InChI=1S/C24H23NO7/c1-13-17-8-15-11-25(16-4-5-19-20(9-16)30-7-6-29-19)12-31-22(15)14(2)23(17)32-24(27)18(13)10-21(26)28-3/h4-5,8-9H,6-7,10-12H2,1-3H3. The van der Waals surface area contributed by atoms with Crippen LogP contribution in [0.25, 0.3) is 11.0 Å². The molecule has 0 saturated heterocycles. The molecule has 1 aromatic heterocycles. The van der Waals surface area contributed by atoms with E-state index in [2.05, 4.69) is 4.90 Å². The zero-order chi connectivity index (χ0) is 22.4. The summed E-state index contributed by atoms with van der Waals surface area (Å²) >= 11 is 0. The van der Waals surface area contributed by atoms with E-state index in [0.717, 1.165) is 39.4 Å². The highest BCUT2D eigenvalue weighted by Gasteiger charge is 2.25. The number of carbonyl (C=O) groups excluding carboxylic acids is 1. The first-order valence-corrected chi connectivity index (χ1v) is 10.4. The molecule has 166 valence electrons. The summed E-state index contributed by atoms with van der Waals surface area (Å²) in [6.07, 6.45) is -0.128. The van der Waals surface area contributed by atoms with Crippen molar-refractivity contribution in [1.82, 2.24) is 0 Å². The van der Waals surface area contributed by atoms with Gasteiger partial charge in [-0.15, -0.1) is 0 Å². The van der Waals surface area contributed by atoms with E-state index in [4.69, 9.17) is 23.4 Å². The molecule has 32 heavy (non-hydrogen) atoms. The van der Waals surface area contributed by atoms with E-state index in [9.17, 15) is 9.59 Å². The maximum absolute atomic E-state index is 12.5. The van der Waals surface area contributed by atoms with Gasteiger partial charge in [-0.3, -0.25) is 4.79 Å². The Labute approximate surface area is 184 Å². The Kier molecular flexibility index (Phi) is 4.92. The van der Waals surface area contributed by atoms with Crippen LogP contribution in [0.1, 0.15) is 22.3 Å². The smallest absolute Gasteiger partial charge is 0.340 e. The van der Waals surface area contributed by atoms with Crippen molar-refractivity contribution in [3.8, 4) is 17.2 Å². The zero-order valence-electron chi connectivity index (χ0n) is 18.1. The van der Waals surface area contributed by atoms with Gasteiger partial charge in [0.25, 0.3) is 0 Å². The number of hydrogen-bond donors (Lipinski definition) is 0. The second-order valence-electron chi connectivity index (χ2n) is 7.91. The lowest BCUT2D eigenvalue weighted by Gasteiger charge is -2.32. The number of rotatable bonds is 3. The van der Waals surface area contributed by atoms with E-state index in [1.807, 2.05) is 38.1 Å². The molecule has 0 bridgehead atoms. The molecule has 0 aliphatic carbocycles. The van der Waals surface area contributed by atoms with Crippen molar-refractivity contribution in [3.05, 3.63) is 56.9 Å². The van der Waals surface area contributed by atoms with Gasteiger partial charge in [-0.1, -0.05) is 0 Å². The van der Waals surface area contributed by atoms with Gasteiger partial charge in [0.05, 0.1) is 19.1 Å². The minimum Gasteiger partial charge on any atom is -0.486 e. The lowest BCUT2D eigenvalue weighted by molar-refractivity contribution is -0.139. The average Bonchev–Trinajstić information content (AvgIpc) is 2.82. The Hall–Kier alpha value is -3.68. The number of esters is 1. The molecule has 5 rings (SSSR count). The predicted octanol–water partition coefficient (Wildman–Crippen LogP) is 3.25. The van der Waals surface area contributed by atoms with Gasteiger partial charge >= 0.3 is 11.6 Å². The first kappa shape index (κ1) is 20.2. The largest absolute Gasteiger partial charge is 0.486 e. The molecule has 0 amide bonds. The number of aryl methyl sites for hydroxylation is 2. The molecule has 0 radical (unpaired) electrons. The Morgan fingerprint density at radius 1 is 1.06 bits per heavy atom. The molecule has 2 aliphatic rings. The minimum absolute atomic E-state index is 0.128. The Bertz CT molecular complexity index is 1290. The van der Waals surface area contributed by atoms with Gasteiger partial charge in [0.2, 0.25) is 0 Å². The fraction of sp³-hybridized carbons (Fsp3) is 0.333. The summed E-state index contributed by atoms with van der Waals surface area (Å²) < 4.78 is 27.7. The molecule has 8 heteroatoms. The van der Waals surface area contributed by atoms with Crippen molar-refractivity contribution in [3.63, 3.8) is 0 Å². The molecular formula is C24H23NO7. The van der Waals surface area contributed by atoms with Crippen molar-refractivity contribution in [1.29, 1.82) is 0 Å². The average molecular weight is 437 g/mol. The molecule has 2 aliphatic heterocycles. The van der Waals surface area contributed by atoms with Crippen LogP contribution < -0.4 is 24.7 Å². The Balaban J connectivity index is 1.55. The number of anilines is 1. The maximum atomic E-state index is 12.5. The van der Waals surface area contributed by atoms with Gasteiger partial charge in [-0.05, 0) is 37.6 Å². The molecule has 0 fully saturated rings. The molecule has 0 atom stereocenters. The first-order chi connectivity index (χ1) is 15.5. The Morgan fingerprint density at radius 2 is 1.84 bits per heavy atom. The van der Waals surface area contributed by atoms with Crippen LogP contribution in [0.2, 0.25) is 0 Å². The summed E-state index contributed by atoms with van der Waals surface area (Å²) in [5.74, 6) is 1.69. The van der Waals surface area contributed by atoms with Crippen molar-refractivity contribution in [2.24, 2.45) is 0 Å². The molecule has 0 saturated carbocycles. The van der Waals surface area contributed by atoms with Gasteiger partial charge in [-0.25, -0.2) is 4.79 Å². The fourth-order valence-electron chi connectivity index (χ4n) is 4.26. The van der Waals surface area contributed by atoms with Crippen molar-refractivity contribution >= 4 is 22.6 Å². The van der Waals surface area contributed by atoms with Crippen LogP contribution >= 0.6 is 0 Å². The van der Waals surface area contributed by atoms with Gasteiger partial charge in [0.1, 0.15) is 24.5 Å². The molecule has 3 aromatic rings. The number of fused-ring (bicyclic) bond motifs is 3. The third-order valence-electron chi connectivity index (χ3n) is 6.00. The highest BCUT2D eigenvalue weighted by molar-refractivity contribution is 5.88. The molecular weight excluding hydrogens is 414 g/mol. The second kappa shape index (κ2) is 7.78. The molecule has 3 heterocycles. The topological polar surface area (TPSA) is 87.4 Å². The SMILES string of the molecule is COC(=O)Cc1c(C)c2cc3c(c(C)c2oc1=O)OCN(c1ccc2c(c1)OCCO2)C3. The third-order valence-corrected chi connectivity index (χ3v) is 6.00. The minimum atomic E-state index is -0.530. The number of hydrogen-bond acceptors (Lipinski definition) is 8. The van der Waals surface area contributed by atoms with Crippen LogP contribution in [-0.2, 0) is 22.5 Å². The maximum Gasteiger partial charge on any atom is 0.340 e. The van der Waals surface area contributed by atoms with E-state index in [1.54, 1.807) is 0 Å². The van der Waals surface area contributed by atoms with Gasteiger partial charge in [-0.2, -0.15) is 0 Å². The van der Waals surface area contributed by atoms with Crippen LogP contribution in [0.15, 0.2) is 33.5 Å². The number of methoxy groups -OCH3 is 1. The van der Waals surface area contributed by atoms with E-state index in [-0.39, 0.29) is 6.42 Å². The zero-order valence-corrected chi connectivity index (χ0v) is 18.1. The summed E-state index contributed by atoms with van der Waals surface area (Å²) in [6.45, 7) is 5.74. The van der Waals surface area contributed by atoms with Crippen LogP contribution in [0.5, 0.6) is 17.2 Å². The summed E-state index contributed by atoms with van der Waals surface area (Å²) in [5, 5.41) is 0.785. The number of nitrogens with zero attached hydrogens (tertiary/aromatic N) is 1. The van der Waals surface area contributed by atoms with Gasteiger partial charge in [0, 0.05) is 34.8 Å². The monoisotopic (exact) mass is 437 g/mol. The predicted molar refractivity (Wildman–Crippen MR) is 117 cm³/mol. The lowest BCUT2D eigenvalue weighted by Crippen LogP contribution is -2.32. The quantitative estimate of drug-likeness (QED) is 0.456. The molecule has 0 unspecified atom stereocenters. The molecule has 0 N–H and O–H groups in total. The summed E-state index contributed by atoms with van der Waals surface area (Å²) in [7, 11) is 1.30. The number of benzene rings is 2. The molecule has 2 aromatic carbocycles. The second-order valence-corrected chi connectivity index (χ2v) is 7.91. The van der Waals surface area contributed by atoms with Crippen LogP contribution in [0, 0.1) is 13.8 Å². The fourth-order valence-corrected chi connectivity index (χ4v) is 4.26. The van der Waals surface area contributed by atoms with E-state index in [1.165, 1.54) is 7.11 Å². The van der Waals surface area contributed by atoms with Gasteiger partial charge < -0.3 is 28.3 Å². The lowest BCUT2D eigenvalue weighted by atomic mass is 9.97. The third kappa shape index (κ3) is 3.32. The van der Waals surface area contributed by atoms with Crippen molar-refractivity contribution in [2.45, 2.75) is 26.8 Å². The summed E-state index contributed by atoms with van der Waals surface area (Å²) in [5.41, 5.74) is 3.67. The highest BCUT2D eigenvalue weighted by Crippen LogP contribution is 2.39. The van der Waals surface area contributed by atoms with E-state index < -0.39 is 11.6 Å². The Morgan fingerprint density at radius 3 is 2.62 bits per heavy atom. The summed E-state index contributed by atoms with van der Waals surface area (Å²) in [6, 6.07) is 7.81. The molecule has 8 nitrogen and oxygen atoms in total. The molecule has 0 spiro atoms. The van der Waals surface area contributed by atoms with Crippen LogP contribution in [0.3, 0.4) is 0 Å². The van der Waals surface area contributed by atoms with Crippen molar-refractivity contribution < 1.29 is 28.2 Å². The van der Waals surface area contributed by atoms with E-state index in [0.29, 0.717) is 43.2 Å². The van der Waals surface area contributed by atoms with Gasteiger partial charge in [0.15, 0.2) is 18.2 Å². The number of ether oxygens (including phenoxy) is 4. The van der Waals surface area contributed by atoms with Crippen LogP contribution in [0.4, 0.5) is 5.69 Å². The normalized spacial score (nSPS) is 14.7. The van der Waals surface area contributed by atoms with Crippen molar-refractivity contribution in [2.75, 3.05) is 32.0 Å². The van der Waals surface area contributed by atoms with Crippen LogP contribution in [-0.4, -0.2) is 33.0 Å². The number of carbonyl (C=O) groups is 1. The first-order valence-electron chi connectivity index (χ1n) is 10.4. The van der Waals surface area contributed by atoms with E-state index >= 15 is 0 Å².